The van der Waals surface area contributed by atoms with E-state index in [2.05, 4.69) is 19.2 Å². The molecule has 2 rings (SSSR count). The molecule has 110 valence electrons. The second kappa shape index (κ2) is 5.79. The summed E-state index contributed by atoms with van der Waals surface area (Å²) >= 11 is 0. The molecule has 1 aromatic rings. The first-order chi connectivity index (χ1) is 9.47. The van der Waals surface area contributed by atoms with Crippen LogP contribution in [0.15, 0.2) is 12.1 Å². The first-order valence-corrected chi connectivity index (χ1v) is 7.05. The van der Waals surface area contributed by atoms with Crippen LogP contribution in [0, 0.1) is 11.7 Å². The molecule has 4 nitrogen and oxygen atoms in total. The number of fused-ring (bicyclic) bond motifs is 1. The molecular weight excluding hydrogens is 259 g/mol. The molecule has 1 aromatic carbocycles. The fourth-order valence-corrected chi connectivity index (χ4v) is 2.40. The summed E-state index contributed by atoms with van der Waals surface area (Å²) in [6.07, 6.45) is -0.239. The van der Waals surface area contributed by atoms with Crippen LogP contribution in [0.3, 0.4) is 0 Å². The molecule has 0 spiro atoms. The van der Waals surface area contributed by atoms with Crippen molar-refractivity contribution < 1.29 is 14.3 Å². The zero-order chi connectivity index (χ0) is 14.9. The molecule has 1 heterocycles. The van der Waals surface area contributed by atoms with E-state index in [1.807, 2.05) is 11.8 Å². The van der Waals surface area contributed by atoms with Gasteiger partial charge >= 0.3 is 0 Å². The minimum Gasteiger partial charge on any atom is -0.378 e. The van der Waals surface area contributed by atoms with Crippen molar-refractivity contribution in [2.45, 2.75) is 33.3 Å². The summed E-state index contributed by atoms with van der Waals surface area (Å²) in [5.41, 5.74) is 1.29. The van der Waals surface area contributed by atoms with Crippen LogP contribution in [0.5, 0.6) is 0 Å². The SMILES string of the molecule is CCC(C)CN(CC)c1cc2c(cc1F)C(O)C(=O)N2. The molecule has 0 aromatic heterocycles. The van der Waals surface area contributed by atoms with Crippen molar-refractivity contribution >= 4 is 17.3 Å². The fourth-order valence-electron chi connectivity index (χ4n) is 2.40. The van der Waals surface area contributed by atoms with Crippen LogP contribution in [0.2, 0.25) is 0 Å². The predicted octanol–water partition coefficient (Wildman–Crippen LogP) is 2.68. The quantitative estimate of drug-likeness (QED) is 0.872. The van der Waals surface area contributed by atoms with E-state index in [-0.39, 0.29) is 0 Å². The third-order valence-electron chi connectivity index (χ3n) is 3.87. The van der Waals surface area contributed by atoms with E-state index in [1.54, 1.807) is 6.07 Å². The van der Waals surface area contributed by atoms with E-state index in [4.69, 9.17) is 0 Å². The van der Waals surface area contributed by atoms with Gasteiger partial charge in [-0.1, -0.05) is 20.3 Å². The number of hydrogen-bond donors (Lipinski definition) is 2. The average molecular weight is 280 g/mol. The molecule has 2 atom stereocenters. The molecule has 1 aliphatic rings. The van der Waals surface area contributed by atoms with E-state index in [9.17, 15) is 14.3 Å². The smallest absolute Gasteiger partial charge is 0.257 e. The van der Waals surface area contributed by atoms with Crippen LogP contribution < -0.4 is 10.2 Å². The third-order valence-corrected chi connectivity index (χ3v) is 3.87. The number of halogens is 1. The Hall–Kier alpha value is -1.62. The van der Waals surface area contributed by atoms with Crippen molar-refractivity contribution in [1.29, 1.82) is 0 Å². The lowest BCUT2D eigenvalue weighted by Gasteiger charge is -2.27. The van der Waals surface area contributed by atoms with Crippen LogP contribution >= 0.6 is 0 Å². The third kappa shape index (κ3) is 2.63. The van der Waals surface area contributed by atoms with E-state index in [1.165, 1.54) is 6.07 Å². The van der Waals surface area contributed by atoms with Gasteiger partial charge in [-0.05, 0) is 25.0 Å². The zero-order valence-corrected chi connectivity index (χ0v) is 12.1. The molecule has 2 unspecified atom stereocenters. The maximum absolute atomic E-state index is 14.2. The molecule has 0 fully saturated rings. The van der Waals surface area contributed by atoms with Crippen LogP contribution in [0.25, 0.3) is 0 Å². The normalized spacial score (nSPS) is 18.6. The van der Waals surface area contributed by atoms with Gasteiger partial charge in [-0.2, -0.15) is 0 Å². The monoisotopic (exact) mass is 280 g/mol. The molecular formula is C15H21FN2O2. The van der Waals surface area contributed by atoms with Crippen molar-refractivity contribution in [1.82, 2.24) is 0 Å². The van der Waals surface area contributed by atoms with Crippen molar-refractivity contribution in [2.75, 3.05) is 23.3 Å². The minimum atomic E-state index is -1.27. The van der Waals surface area contributed by atoms with Gasteiger partial charge < -0.3 is 15.3 Å². The van der Waals surface area contributed by atoms with Crippen molar-refractivity contribution in [2.24, 2.45) is 5.92 Å². The van der Waals surface area contributed by atoms with Gasteiger partial charge in [-0.15, -0.1) is 0 Å². The van der Waals surface area contributed by atoms with E-state index < -0.39 is 17.8 Å². The molecule has 0 bridgehead atoms. The number of nitrogens with zero attached hydrogens (tertiary/aromatic N) is 1. The Labute approximate surface area is 118 Å². The Morgan fingerprint density at radius 2 is 2.15 bits per heavy atom. The summed E-state index contributed by atoms with van der Waals surface area (Å²) < 4.78 is 14.2. The van der Waals surface area contributed by atoms with Gasteiger partial charge in [0.15, 0.2) is 6.10 Å². The first kappa shape index (κ1) is 14.8. The number of aliphatic hydroxyl groups is 1. The van der Waals surface area contributed by atoms with Gasteiger partial charge in [0.1, 0.15) is 5.82 Å². The Balaban J connectivity index is 2.33. The second-order valence-corrected chi connectivity index (χ2v) is 5.33. The number of carbonyl (C=O) groups is 1. The number of aliphatic hydroxyl groups excluding tert-OH is 1. The summed E-state index contributed by atoms with van der Waals surface area (Å²) in [5.74, 6) is -0.436. The first-order valence-electron chi connectivity index (χ1n) is 7.05. The average Bonchev–Trinajstić information content (AvgIpc) is 2.70. The summed E-state index contributed by atoms with van der Waals surface area (Å²) in [5, 5.41) is 12.2. The van der Waals surface area contributed by atoms with Crippen LogP contribution in [-0.4, -0.2) is 24.1 Å². The van der Waals surface area contributed by atoms with Crippen LogP contribution in [0.4, 0.5) is 15.8 Å². The second-order valence-electron chi connectivity index (χ2n) is 5.33. The lowest BCUT2D eigenvalue weighted by molar-refractivity contribution is -0.123. The Morgan fingerprint density at radius 1 is 1.45 bits per heavy atom. The highest BCUT2D eigenvalue weighted by Crippen LogP contribution is 2.36. The van der Waals surface area contributed by atoms with Crippen LogP contribution in [0.1, 0.15) is 38.9 Å². The summed E-state index contributed by atoms with van der Waals surface area (Å²) in [4.78, 5) is 13.4. The number of amides is 1. The Morgan fingerprint density at radius 3 is 2.75 bits per heavy atom. The number of rotatable bonds is 5. The van der Waals surface area contributed by atoms with Crippen molar-refractivity contribution in [3.8, 4) is 0 Å². The lowest BCUT2D eigenvalue weighted by Crippen LogP contribution is -2.29. The van der Waals surface area contributed by atoms with Gasteiger partial charge in [0, 0.05) is 24.3 Å². The molecule has 0 radical (unpaired) electrons. The summed E-state index contributed by atoms with van der Waals surface area (Å²) in [6, 6.07) is 2.87. The minimum absolute atomic E-state index is 0.316. The molecule has 20 heavy (non-hydrogen) atoms. The molecule has 0 saturated carbocycles. The maximum Gasteiger partial charge on any atom is 0.257 e. The number of hydrogen-bond acceptors (Lipinski definition) is 3. The molecule has 0 saturated heterocycles. The van der Waals surface area contributed by atoms with E-state index in [0.29, 0.717) is 29.4 Å². The van der Waals surface area contributed by atoms with Gasteiger partial charge in [-0.3, -0.25) is 4.79 Å². The van der Waals surface area contributed by atoms with Gasteiger partial charge in [0.25, 0.3) is 5.91 Å². The highest BCUT2D eigenvalue weighted by Gasteiger charge is 2.30. The lowest BCUT2D eigenvalue weighted by atomic mass is 10.1. The van der Waals surface area contributed by atoms with Gasteiger partial charge in [0.2, 0.25) is 0 Å². The molecule has 2 N–H and O–H groups in total. The van der Waals surface area contributed by atoms with Gasteiger partial charge in [0.05, 0.1) is 5.69 Å². The standard InChI is InChI=1S/C15H21FN2O2/c1-4-9(3)8-18(5-2)13-7-12-10(6-11(13)16)14(19)15(20)17-12/h6-7,9,14,19H,4-5,8H2,1-3H3,(H,17,20). The molecule has 1 aliphatic heterocycles. The molecule has 5 heteroatoms. The van der Waals surface area contributed by atoms with Crippen molar-refractivity contribution in [3.05, 3.63) is 23.5 Å². The molecule has 1 amide bonds. The van der Waals surface area contributed by atoms with Crippen molar-refractivity contribution in [3.63, 3.8) is 0 Å². The Kier molecular flexibility index (Phi) is 4.28. The maximum atomic E-state index is 14.2. The predicted molar refractivity (Wildman–Crippen MR) is 77.3 cm³/mol. The number of nitrogens with one attached hydrogen (secondary N) is 1. The number of carbonyl (C=O) groups excluding carboxylic acids is 1. The van der Waals surface area contributed by atoms with E-state index in [0.717, 1.165) is 13.0 Å². The highest BCUT2D eigenvalue weighted by molar-refractivity contribution is 6.02. The summed E-state index contributed by atoms with van der Waals surface area (Å²) in [6.45, 7) is 7.66. The van der Waals surface area contributed by atoms with Crippen LogP contribution in [-0.2, 0) is 4.79 Å². The van der Waals surface area contributed by atoms with E-state index >= 15 is 0 Å². The highest BCUT2D eigenvalue weighted by atomic mass is 19.1. The van der Waals surface area contributed by atoms with Gasteiger partial charge in [-0.25, -0.2) is 4.39 Å². The largest absolute Gasteiger partial charge is 0.378 e. The number of anilines is 2. The zero-order valence-electron chi connectivity index (χ0n) is 12.1. The Bertz CT molecular complexity index is 519. The molecule has 0 aliphatic carbocycles. The number of benzene rings is 1. The fraction of sp³-hybridized carbons (Fsp3) is 0.533. The topological polar surface area (TPSA) is 52.6 Å². The summed E-state index contributed by atoms with van der Waals surface area (Å²) in [7, 11) is 0.